The van der Waals surface area contributed by atoms with Crippen LogP contribution in [0.3, 0.4) is 0 Å². The number of hydrogen-bond acceptors (Lipinski definition) is 4. The Hall–Kier alpha value is -4.59. The summed E-state index contributed by atoms with van der Waals surface area (Å²) in [4.78, 5) is 30.3. The average molecular weight is 485 g/mol. The molecule has 3 N–H and O–H groups in total. The lowest BCUT2D eigenvalue weighted by atomic mass is 9.96. The Labute approximate surface area is 206 Å². The number of benzene rings is 3. The number of amides is 2. The lowest BCUT2D eigenvalue weighted by Gasteiger charge is -2.26. The summed E-state index contributed by atoms with van der Waals surface area (Å²) in [6, 6.07) is 18.3. The van der Waals surface area contributed by atoms with Gasteiger partial charge in [0.15, 0.2) is 11.6 Å². The van der Waals surface area contributed by atoms with Gasteiger partial charge in [-0.1, -0.05) is 18.2 Å². The van der Waals surface area contributed by atoms with Gasteiger partial charge in [0.25, 0.3) is 11.8 Å². The van der Waals surface area contributed by atoms with Gasteiger partial charge in [0.1, 0.15) is 5.82 Å². The number of nitrogens with one attached hydrogen (secondary N) is 1. The standard InChI is InChI=1S/C28H22F2N4O2/c1-16-4-7-20(13-23(16)18-6-8-21-19(12-18)14-33-28(21)36)34(15-17-5-9-24(29)25(30)11-17)27-22(26(31)35)3-2-10-32-27/h2-13H,14-15H2,1H3,(H2,31,35)(H,33,36). The summed E-state index contributed by atoms with van der Waals surface area (Å²) in [5, 5.41) is 2.83. The lowest BCUT2D eigenvalue weighted by Crippen LogP contribution is -2.23. The molecule has 0 atom stereocenters. The Morgan fingerprint density at radius 2 is 1.86 bits per heavy atom. The molecule has 0 fully saturated rings. The van der Waals surface area contributed by atoms with Crippen LogP contribution in [0, 0.1) is 18.6 Å². The minimum Gasteiger partial charge on any atom is -0.365 e. The van der Waals surface area contributed by atoms with Crippen LogP contribution in [0.15, 0.2) is 72.9 Å². The largest absolute Gasteiger partial charge is 0.365 e. The molecule has 0 spiro atoms. The fourth-order valence-corrected chi connectivity index (χ4v) is 4.40. The van der Waals surface area contributed by atoms with Gasteiger partial charge in [0, 0.05) is 30.5 Å². The van der Waals surface area contributed by atoms with Gasteiger partial charge in [-0.2, -0.15) is 0 Å². The minimum absolute atomic E-state index is 0.0890. The SMILES string of the molecule is Cc1ccc(N(Cc2ccc(F)c(F)c2)c2ncccc2C(N)=O)cc1-c1ccc2c(c1)CNC2=O. The number of nitrogens with two attached hydrogens (primary N) is 1. The smallest absolute Gasteiger partial charge is 0.252 e. The predicted octanol–water partition coefficient (Wildman–Crippen LogP) is 5.02. The lowest BCUT2D eigenvalue weighted by molar-refractivity contribution is 0.0964. The third kappa shape index (κ3) is 4.29. The van der Waals surface area contributed by atoms with Crippen LogP contribution in [0.5, 0.6) is 0 Å². The molecule has 8 heteroatoms. The number of aryl methyl sites for hydroxylation is 1. The summed E-state index contributed by atoms with van der Waals surface area (Å²) in [7, 11) is 0. The normalized spacial score (nSPS) is 12.2. The highest BCUT2D eigenvalue weighted by molar-refractivity contribution is 5.99. The zero-order valence-corrected chi connectivity index (χ0v) is 19.4. The van der Waals surface area contributed by atoms with Gasteiger partial charge in [-0.15, -0.1) is 0 Å². The van der Waals surface area contributed by atoms with E-state index in [0.29, 0.717) is 29.2 Å². The van der Waals surface area contributed by atoms with Gasteiger partial charge < -0.3 is 16.0 Å². The molecule has 1 aliphatic rings. The maximum Gasteiger partial charge on any atom is 0.252 e. The van der Waals surface area contributed by atoms with Crippen molar-refractivity contribution in [1.29, 1.82) is 0 Å². The summed E-state index contributed by atoms with van der Waals surface area (Å²) in [6.07, 6.45) is 1.54. The average Bonchev–Trinajstić information content (AvgIpc) is 3.25. The Balaban J connectivity index is 1.63. The van der Waals surface area contributed by atoms with Crippen molar-refractivity contribution in [1.82, 2.24) is 10.3 Å². The van der Waals surface area contributed by atoms with Gasteiger partial charge >= 0.3 is 0 Å². The molecule has 36 heavy (non-hydrogen) atoms. The zero-order chi connectivity index (χ0) is 25.4. The van der Waals surface area contributed by atoms with Crippen LogP contribution >= 0.6 is 0 Å². The highest BCUT2D eigenvalue weighted by atomic mass is 19.2. The van der Waals surface area contributed by atoms with Crippen molar-refractivity contribution in [3.63, 3.8) is 0 Å². The fourth-order valence-electron chi connectivity index (χ4n) is 4.40. The molecule has 0 bridgehead atoms. The van der Waals surface area contributed by atoms with Gasteiger partial charge in [-0.3, -0.25) is 9.59 Å². The van der Waals surface area contributed by atoms with Crippen molar-refractivity contribution >= 4 is 23.3 Å². The molecule has 0 unspecified atom stereocenters. The molecule has 0 saturated carbocycles. The summed E-state index contributed by atoms with van der Waals surface area (Å²) in [5.74, 6) is -2.35. The number of pyridine rings is 1. The molecular formula is C28H22F2N4O2. The van der Waals surface area contributed by atoms with Crippen molar-refractivity contribution in [2.24, 2.45) is 5.73 Å². The van der Waals surface area contributed by atoms with Crippen molar-refractivity contribution in [2.75, 3.05) is 4.90 Å². The van der Waals surface area contributed by atoms with E-state index in [9.17, 15) is 18.4 Å². The fraction of sp³-hybridized carbons (Fsp3) is 0.107. The molecule has 0 saturated heterocycles. The summed E-state index contributed by atoms with van der Waals surface area (Å²) in [5.41, 5.74) is 11.4. The van der Waals surface area contributed by atoms with Crippen molar-refractivity contribution in [2.45, 2.75) is 20.0 Å². The molecule has 3 aromatic carbocycles. The molecule has 1 aromatic heterocycles. The first kappa shape index (κ1) is 23.2. The molecular weight excluding hydrogens is 462 g/mol. The number of carbonyl (C=O) groups is 2. The van der Waals surface area contributed by atoms with E-state index in [-0.39, 0.29) is 18.0 Å². The molecule has 4 aromatic rings. The molecule has 2 heterocycles. The van der Waals surface area contributed by atoms with E-state index >= 15 is 0 Å². The van der Waals surface area contributed by atoms with Gasteiger partial charge in [0.05, 0.1) is 5.56 Å². The number of anilines is 2. The first-order valence-electron chi connectivity index (χ1n) is 11.3. The van der Waals surface area contributed by atoms with E-state index in [1.54, 1.807) is 23.2 Å². The number of fused-ring (bicyclic) bond motifs is 1. The third-order valence-corrected chi connectivity index (χ3v) is 6.27. The van der Waals surface area contributed by atoms with Gasteiger partial charge in [-0.25, -0.2) is 13.8 Å². The number of nitrogens with zero attached hydrogens (tertiary/aromatic N) is 2. The number of halogens is 2. The highest BCUT2D eigenvalue weighted by Gasteiger charge is 2.22. The Bertz CT molecular complexity index is 1520. The van der Waals surface area contributed by atoms with E-state index in [4.69, 9.17) is 5.73 Å². The molecule has 2 amide bonds. The minimum atomic E-state index is -0.963. The number of hydrogen-bond donors (Lipinski definition) is 2. The topological polar surface area (TPSA) is 88.3 Å². The van der Waals surface area contributed by atoms with E-state index < -0.39 is 17.5 Å². The number of carbonyl (C=O) groups excluding carboxylic acids is 2. The molecule has 0 aliphatic carbocycles. The van der Waals surface area contributed by atoms with Crippen LogP contribution in [-0.4, -0.2) is 16.8 Å². The molecule has 6 nitrogen and oxygen atoms in total. The molecule has 180 valence electrons. The number of primary amides is 1. The number of aromatic nitrogens is 1. The van der Waals surface area contributed by atoms with Crippen LogP contribution in [-0.2, 0) is 13.1 Å². The van der Waals surface area contributed by atoms with Crippen LogP contribution in [0.1, 0.15) is 37.4 Å². The maximum absolute atomic E-state index is 14.0. The summed E-state index contributed by atoms with van der Waals surface area (Å²) >= 11 is 0. The van der Waals surface area contributed by atoms with Crippen molar-refractivity contribution < 1.29 is 18.4 Å². The zero-order valence-electron chi connectivity index (χ0n) is 19.4. The maximum atomic E-state index is 14.0. The molecule has 5 rings (SSSR count). The quantitative estimate of drug-likeness (QED) is 0.403. The first-order valence-corrected chi connectivity index (χ1v) is 11.3. The molecule has 1 aliphatic heterocycles. The first-order chi connectivity index (χ1) is 17.3. The third-order valence-electron chi connectivity index (χ3n) is 6.27. The Morgan fingerprint density at radius 1 is 1.03 bits per heavy atom. The van der Waals surface area contributed by atoms with Crippen LogP contribution in [0.25, 0.3) is 11.1 Å². The molecule has 0 radical (unpaired) electrons. The second-order valence-corrected chi connectivity index (χ2v) is 8.63. The summed E-state index contributed by atoms with van der Waals surface area (Å²) in [6.45, 7) is 2.56. The van der Waals surface area contributed by atoms with Crippen LogP contribution in [0.4, 0.5) is 20.3 Å². The van der Waals surface area contributed by atoms with Crippen molar-refractivity contribution in [3.8, 4) is 11.1 Å². The van der Waals surface area contributed by atoms with E-state index in [1.807, 2.05) is 43.3 Å². The van der Waals surface area contributed by atoms with E-state index in [1.165, 1.54) is 6.07 Å². The Morgan fingerprint density at radius 3 is 2.64 bits per heavy atom. The van der Waals surface area contributed by atoms with E-state index in [0.717, 1.165) is 34.4 Å². The van der Waals surface area contributed by atoms with Gasteiger partial charge in [0.2, 0.25) is 0 Å². The van der Waals surface area contributed by atoms with E-state index in [2.05, 4.69) is 10.3 Å². The van der Waals surface area contributed by atoms with Crippen molar-refractivity contribution in [3.05, 3.63) is 112 Å². The highest BCUT2D eigenvalue weighted by Crippen LogP contribution is 2.35. The predicted molar refractivity (Wildman–Crippen MR) is 133 cm³/mol. The van der Waals surface area contributed by atoms with Crippen LogP contribution in [0.2, 0.25) is 0 Å². The van der Waals surface area contributed by atoms with Crippen LogP contribution < -0.4 is 16.0 Å². The van der Waals surface area contributed by atoms with Gasteiger partial charge in [-0.05, 0) is 83.3 Å². The Kier molecular flexibility index (Phi) is 5.93. The summed E-state index contributed by atoms with van der Waals surface area (Å²) < 4.78 is 27.6. The number of rotatable bonds is 6. The monoisotopic (exact) mass is 484 g/mol. The second-order valence-electron chi connectivity index (χ2n) is 8.63. The second kappa shape index (κ2) is 9.22.